The predicted octanol–water partition coefficient (Wildman–Crippen LogP) is 2.94. The summed E-state index contributed by atoms with van der Waals surface area (Å²) in [7, 11) is -3.50. The number of sulfonamides is 1. The topological polar surface area (TPSA) is 57.6 Å². The predicted molar refractivity (Wildman–Crippen MR) is 83.4 cm³/mol. The van der Waals surface area contributed by atoms with E-state index in [2.05, 4.69) is 0 Å². The Morgan fingerprint density at radius 1 is 1.33 bits per heavy atom. The number of nitrogens with zero attached hydrogens (tertiary/aromatic N) is 1. The van der Waals surface area contributed by atoms with Crippen molar-refractivity contribution in [1.29, 1.82) is 0 Å². The quantitative estimate of drug-likeness (QED) is 0.842. The minimum absolute atomic E-state index is 0.0599. The fourth-order valence-electron chi connectivity index (χ4n) is 2.39. The van der Waals surface area contributed by atoms with Crippen molar-refractivity contribution >= 4 is 10.0 Å². The van der Waals surface area contributed by atoms with Crippen molar-refractivity contribution in [2.45, 2.75) is 57.1 Å². The van der Waals surface area contributed by atoms with E-state index < -0.39 is 16.1 Å². The molecule has 0 aromatic heterocycles. The van der Waals surface area contributed by atoms with Gasteiger partial charge in [-0.05, 0) is 56.7 Å². The summed E-state index contributed by atoms with van der Waals surface area (Å²) in [4.78, 5) is 0.279. The summed E-state index contributed by atoms with van der Waals surface area (Å²) in [6.07, 6.45) is 2.19. The second kappa shape index (κ2) is 6.46. The average molecular weight is 311 g/mol. The third-order valence-electron chi connectivity index (χ3n) is 3.95. The van der Waals surface area contributed by atoms with E-state index in [9.17, 15) is 13.5 Å². The summed E-state index contributed by atoms with van der Waals surface area (Å²) in [5.74, 6) is 0.506. The molecule has 118 valence electrons. The van der Waals surface area contributed by atoms with Crippen LogP contribution in [-0.2, 0) is 10.0 Å². The van der Waals surface area contributed by atoms with E-state index in [0.29, 0.717) is 24.4 Å². The van der Waals surface area contributed by atoms with Crippen LogP contribution < -0.4 is 0 Å². The van der Waals surface area contributed by atoms with E-state index in [0.717, 1.165) is 12.8 Å². The van der Waals surface area contributed by atoms with E-state index in [1.165, 1.54) is 0 Å². The second-order valence-corrected chi connectivity index (χ2v) is 8.00. The first-order valence-electron chi connectivity index (χ1n) is 7.66. The smallest absolute Gasteiger partial charge is 0.243 e. The van der Waals surface area contributed by atoms with Gasteiger partial charge in [0.25, 0.3) is 0 Å². The SMILES string of the molecule is CCC(O)c1cccc(S(=O)(=O)N(CC2CC2)C(C)C)c1. The maximum atomic E-state index is 12.8. The highest BCUT2D eigenvalue weighted by Gasteiger charge is 2.33. The number of hydrogen-bond acceptors (Lipinski definition) is 3. The summed E-state index contributed by atoms with van der Waals surface area (Å²) in [5, 5.41) is 9.91. The van der Waals surface area contributed by atoms with Crippen molar-refractivity contribution in [1.82, 2.24) is 4.31 Å². The molecule has 0 heterocycles. The Bertz CT molecular complexity index is 579. The molecule has 0 aliphatic heterocycles. The fraction of sp³-hybridized carbons (Fsp3) is 0.625. The summed E-state index contributed by atoms with van der Waals surface area (Å²) < 4.78 is 27.3. The van der Waals surface area contributed by atoms with Gasteiger partial charge in [0.05, 0.1) is 11.0 Å². The molecule has 1 aliphatic carbocycles. The van der Waals surface area contributed by atoms with Gasteiger partial charge < -0.3 is 5.11 Å². The van der Waals surface area contributed by atoms with Crippen LogP contribution in [-0.4, -0.2) is 30.4 Å². The summed E-state index contributed by atoms with van der Waals surface area (Å²) in [5.41, 5.74) is 0.661. The molecule has 1 unspecified atom stereocenters. The molecule has 2 rings (SSSR count). The molecule has 1 atom stereocenters. The lowest BCUT2D eigenvalue weighted by Crippen LogP contribution is -2.38. The van der Waals surface area contributed by atoms with Crippen LogP contribution in [0, 0.1) is 5.92 Å². The van der Waals surface area contributed by atoms with Crippen LogP contribution in [0.4, 0.5) is 0 Å². The first-order chi connectivity index (χ1) is 9.86. The summed E-state index contributed by atoms with van der Waals surface area (Å²) in [6.45, 7) is 6.29. The Balaban J connectivity index is 2.32. The van der Waals surface area contributed by atoms with Crippen molar-refractivity contribution in [3.63, 3.8) is 0 Å². The highest BCUT2D eigenvalue weighted by atomic mass is 32.2. The molecule has 1 aliphatic rings. The van der Waals surface area contributed by atoms with Crippen LogP contribution in [0.3, 0.4) is 0 Å². The molecule has 0 spiro atoms. The molecule has 1 N–H and O–H groups in total. The second-order valence-electron chi connectivity index (χ2n) is 6.11. The Morgan fingerprint density at radius 3 is 2.52 bits per heavy atom. The fourth-order valence-corrected chi connectivity index (χ4v) is 4.16. The average Bonchev–Trinajstić information content (AvgIpc) is 3.27. The van der Waals surface area contributed by atoms with Gasteiger partial charge in [0.2, 0.25) is 10.0 Å². The molecule has 4 nitrogen and oxygen atoms in total. The summed E-state index contributed by atoms with van der Waals surface area (Å²) in [6, 6.07) is 6.63. The first kappa shape index (κ1) is 16.5. The molecule has 0 saturated heterocycles. The molecular weight excluding hydrogens is 286 g/mol. The van der Waals surface area contributed by atoms with Crippen molar-refractivity contribution in [3.8, 4) is 0 Å². The van der Waals surface area contributed by atoms with Crippen LogP contribution in [0.5, 0.6) is 0 Å². The number of aliphatic hydroxyl groups excluding tert-OH is 1. The zero-order valence-electron chi connectivity index (χ0n) is 13.0. The molecule has 0 radical (unpaired) electrons. The molecule has 0 bridgehead atoms. The minimum atomic E-state index is -3.50. The number of benzene rings is 1. The lowest BCUT2D eigenvalue weighted by molar-refractivity contribution is 0.173. The number of rotatable bonds is 7. The van der Waals surface area contributed by atoms with E-state index in [1.54, 1.807) is 28.6 Å². The van der Waals surface area contributed by atoms with E-state index >= 15 is 0 Å². The monoisotopic (exact) mass is 311 g/mol. The normalized spacial score (nSPS) is 17.4. The van der Waals surface area contributed by atoms with Crippen LogP contribution in [0.25, 0.3) is 0 Å². The van der Waals surface area contributed by atoms with Gasteiger partial charge in [-0.15, -0.1) is 0 Å². The van der Waals surface area contributed by atoms with Gasteiger partial charge in [-0.1, -0.05) is 19.1 Å². The molecule has 1 saturated carbocycles. The molecule has 21 heavy (non-hydrogen) atoms. The third kappa shape index (κ3) is 3.84. The Hall–Kier alpha value is -0.910. The first-order valence-corrected chi connectivity index (χ1v) is 9.10. The molecule has 5 heteroatoms. The van der Waals surface area contributed by atoms with Gasteiger partial charge in [-0.3, -0.25) is 0 Å². The van der Waals surface area contributed by atoms with Gasteiger partial charge in [-0.2, -0.15) is 4.31 Å². The molecule has 1 aromatic rings. The number of aliphatic hydroxyl groups is 1. The lowest BCUT2D eigenvalue weighted by atomic mass is 10.1. The van der Waals surface area contributed by atoms with E-state index in [-0.39, 0.29) is 10.9 Å². The van der Waals surface area contributed by atoms with Crippen molar-refractivity contribution in [2.24, 2.45) is 5.92 Å². The highest BCUT2D eigenvalue weighted by Crippen LogP contribution is 2.33. The Kier molecular flexibility index (Phi) is 5.07. The largest absolute Gasteiger partial charge is 0.388 e. The van der Waals surface area contributed by atoms with Gasteiger partial charge in [0, 0.05) is 12.6 Å². The van der Waals surface area contributed by atoms with Crippen molar-refractivity contribution < 1.29 is 13.5 Å². The van der Waals surface area contributed by atoms with Crippen molar-refractivity contribution in [3.05, 3.63) is 29.8 Å². The van der Waals surface area contributed by atoms with Crippen molar-refractivity contribution in [2.75, 3.05) is 6.54 Å². The van der Waals surface area contributed by atoms with Crippen LogP contribution in [0.15, 0.2) is 29.2 Å². The Labute approximate surface area is 127 Å². The number of hydrogen-bond donors (Lipinski definition) is 1. The molecule has 1 fully saturated rings. The van der Waals surface area contributed by atoms with Gasteiger partial charge >= 0.3 is 0 Å². The van der Waals surface area contributed by atoms with Crippen LogP contribution in [0.1, 0.15) is 51.7 Å². The maximum Gasteiger partial charge on any atom is 0.243 e. The zero-order chi connectivity index (χ0) is 15.6. The zero-order valence-corrected chi connectivity index (χ0v) is 13.8. The van der Waals surface area contributed by atoms with Gasteiger partial charge in [-0.25, -0.2) is 8.42 Å². The van der Waals surface area contributed by atoms with Gasteiger partial charge in [0.15, 0.2) is 0 Å². The van der Waals surface area contributed by atoms with Crippen LogP contribution >= 0.6 is 0 Å². The van der Waals surface area contributed by atoms with E-state index in [4.69, 9.17) is 0 Å². The van der Waals surface area contributed by atoms with E-state index in [1.807, 2.05) is 20.8 Å². The summed E-state index contributed by atoms with van der Waals surface area (Å²) >= 11 is 0. The molecule has 0 amide bonds. The van der Waals surface area contributed by atoms with Crippen LogP contribution in [0.2, 0.25) is 0 Å². The maximum absolute atomic E-state index is 12.8. The molecule has 1 aromatic carbocycles. The van der Waals surface area contributed by atoms with Gasteiger partial charge in [0.1, 0.15) is 0 Å². The highest BCUT2D eigenvalue weighted by molar-refractivity contribution is 7.89. The third-order valence-corrected chi connectivity index (χ3v) is 5.99. The molecular formula is C16H25NO3S. The Morgan fingerprint density at radius 2 is 2.00 bits per heavy atom. The minimum Gasteiger partial charge on any atom is -0.388 e. The standard InChI is InChI=1S/C16H25NO3S/c1-4-16(18)14-6-5-7-15(10-14)21(19,20)17(12(2)3)11-13-8-9-13/h5-7,10,12-13,16,18H,4,8-9,11H2,1-3H3. The lowest BCUT2D eigenvalue weighted by Gasteiger charge is -2.26.